The Morgan fingerprint density at radius 1 is 1.30 bits per heavy atom. The number of primary amides is 1. The van der Waals surface area contributed by atoms with Gasteiger partial charge in [-0.2, -0.15) is 10.1 Å². The van der Waals surface area contributed by atoms with Crippen molar-refractivity contribution in [3.63, 3.8) is 0 Å². The number of hydrogen-bond acceptors (Lipinski definition) is 9. The highest BCUT2D eigenvalue weighted by Crippen LogP contribution is 2.40. The maximum absolute atomic E-state index is 12.8. The topological polar surface area (TPSA) is 155 Å². The maximum Gasteiger partial charge on any atom is 0.324 e. The summed E-state index contributed by atoms with van der Waals surface area (Å²) >= 11 is 0. The molecule has 1 aliphatic rings. The number of carbonyl (C=O) groups is 2. The number of unbranched alkanes of at least 4 members (excludes halogenated alkanes) is 1. The molecule has 2 N–H and O–H groups in total. The minimum absolute atomic E-state index is 0.144. The van der Waals surface area contributed by atoms with Crippen LogP contribution in [0.1, 0.15) is 61.6 Å². The maximum atomic E-state index is 12.8. The third-order valence-electron chi connectivity index (χ3n) is 6.47. The van der Waals surface area contributed by atoms with E-state index in [-0.39, 0.29) is 12.5 Å². The van der Waals surface area contributed by atoms with Crippen molar-refractivity contribution in [1.29, 1.82) is 0 Å². The van der Waals surface area contributed by atoms with Gasteiger partial charge in [0.15, 0.2) is 5.65 Å². The predicted molar refractivity (Wildman–Crippen MR) is 133 cm³/mol. The molecule has 37 heavy (non-hydrogen) atoms. The molecule has 1 saturated carbocycles. The number of anilines is 2. The van der Waals surface area contributed by atoms with Crippen LogP contribution in [0, 0.1) is 6.92 Å². The van der Waals surface area contributed by atoms with E-state index in [1.165, 1.54) is 4.90 Å². The number of ether oxygens (including phenoxy) is 1. The first-order chi connectivity index (χ1) is 18.1. The average molecular weight is 505 g/mol. The SMILES string of the molecule is Cc1cc(N(C(N)=O)c2cnc3ccnn3c2C2CCCC2)cnc1-c1noc(COCCCC=O)n1. The van der Waals surface area contributed by atoms with E-state index in [1.807, 2.05) is 19.1 Å². The Morgan fingerprint density at radius 2 is 2.14 bits per heavy atom. The molecule has 0 spiro atoms. The molecule has 1 fully saturated rings. The summed E-state index contributed by atoms with van der Waals surface area (Å²) in [4.78, 5) is 38.0. The highest BCUT2D eigenvalue weighted by atomic mass is 16.5. The Labute approximate surface area is 212 Å². The van der Waals surface area contributed by atoms with Gasteiger partial charge in [-0.1, -0.05) is 18.0 Å². The Morgan fingerprint density at radius 3 is 2.89 bits per heavy atom. The molecule has 0 atom stereocenters. The van der Waals surface area contributed by atoms with Crippen molar-refractivity contribution in [2.45, 2.75) is 58.0 Å². The van der Waals surface area contributed by atoms with Gasteiger partial charge in [-0.15, -0.1) is 0 Å². The summed E-state index contributed by atoms with van der Waals surface area (Å²) in [6.07, 6.45) is 11.1. The summed E-state index contributed by atoms with van der Waals surface area (Å²) in [5.74, 6) is 0.867. The van der Waals surface area contributed by atoms with E-state index in [4.69, 9.17) is 15.0 Å². The average Bonchev–Trinajstić information content (AvgIpc) is 3.66. The Hall–Kier alpha value is -4.19. The minimum atomic E-state index is -0.643. The first kappa shape index (κ1) is 24.5. The van der Waals surface area contributed by atoms with Gasteiger partial charge in [-0.05, 0) is 37.8 Å². The molecule has 0 radical (unpaired) electrons. The van der Waals surface area contributed by atoms with E-state index in [9.17, 15) is 9.59 Å². The second-order valence-electron chi connectivity index (χ2n) is 9.02. The van der Waals surface area contributed by atoms with Crippen LogP contribution in [0.5, 0.6) is 0 Å². The number of carbonyl (C=O) groups excluding carboxylic acids is 2. The quantitative estimate of drug-likeness (QED) is 0.250. The first-order valence-corrected chi connectivity index (χ1v) is 12.3. The molecular formula is C25H28N8O4. The van der Waals surface area contributed by atoms with Gasteiger partial charge < -0.3 is 19.8 Å². The molecule has 0 unspecified atom stereocenters. The molecule has 4 heterocycles. The van der Waals surface area contributed by atoms with Crippen LogP contribution >= 0.6 is 0 Å². The number of nitrogens with two attached hydrogens (primary N) is 1. The van der Waals surface area contributed by atoms with Crippen LogP contribution in [0.3, 0.4) is 0 Å². The van der Waals surface area contributed by atoms with Gasteiger partial charge in [-0.3, -0.25) is 9.88 Å². The van der Waals surface area contributed by atoms with Crippen LogP contribution in [-0.2, 0) is 16.1 Å². The number of aldehydes is 1. The second-order valence-corrected chi connectivity index (χ2v) is 9.02. The fourth-order valence-electron chi connectivity index (χ4n) is 4.77. The van der Waals surface area contributed by atoms with E-state index in [1.54, 1.807) is 23.1 Å². The summed E-state index contributed by atoms with van der Waals surface area (Å²) in [6, 6.07) is 3.01. The summed E-state index contributed by atoms with van der Waals surface area (Å²) in [5, 5.41) is 8.49. The fraction of sp³-hybridized carbons (Fsp3) is 0.400. The molecule has 0 aliphatic heterocycles. The van der Waals surface area contributed by atoms with Crippen molar-refractivity contribution in [1.82, 2.24) is 29.7 Å². The number of aryl methyl sites for hydroxylation is 1. The van der Waals surface area contributed by atoms with E-state index in [2.05, 4.69) is 25.2 Å². The lowest BCUT2D eigenvalue weighted by Crippen LogP contribution is -2.33. The summed E-state index contributed by atoms with van der Waals surface area (Å²) < 4.78 is 12.5. The molecule has 192 valence electrons. The summed E-state index contributed by atoms with van der Waals surface area (Å²) in [6.45, 7) is 2.42. The van der Waals surface area contributed by atoms with Crippen molar-refractivity contribution in [2.24, 2.45) is 5.73 Å². The van der Waals surface area contributed by atoms with Crippen LogP contribution in [0.4, 0.5) is 16.2 Å². The van der Waals surface area contributed by atoms with Crippen LogP contribution in [0.15, 0.2) is 35.2 Å². The Balaban J connectivity index is 1.44. The molecular weight excluding hydrogens is 476 g/mol. The smallest absolute Gasteiger partial charge is 0.324 e. The van der Waals surface area contributed by atoms with Gasteiger partial charge >= 0.3 is 6.03 Å². The number of pyridine rings is 1. The predicted octanol–water partition coefficient (Wildman–Crippen LogP) is 3.85. The zero-order chi connectivity index (χ0) is 25.8. The number of urea groups is 1. The number of hydrogen-bond donors (Lipinski definition) is 1. The lowest BCUT2D eigenvalue weighted by Gasteiger charge is -2.25. The molecule has 4 aromatic heterocycles. The molecule has 0 aromatic carbocycles. The molecule has 0 saturated heterocycles. The van der Waals surface area contributed by atoms with E-state index in [0.717, 1.165) is 48.9 Å². The van der Waals surface area contributed by atoms with Gasteiger partial charge in [-0.25, -0.2) is 14.3 Å². The van der Waals surface area contributed by atoms with E-state index >= 15 is 0 Å². The summed E-state index contributed by atoms with van der Waals surface area (Å²) in [7, 11) is 0. The van der Waals surface area contributed by atoms with Crippen molar-refractivity contribution in [2.75, 3.05) is 11.5 Å². The summed E-state index contributed by atoms with van der Waals surface area (Å²) in [5.41, 5.74) is 9.89. The van der Waals surface area contributed by atoms with Gasteiger partial charge in [0.25, 0.3) is 5.89 Å². The monoisotopic (exact) mass is 504 g/mol. The number of nitrogens with zero attached hydrogens (tertiary/aromatic N) is 7. The minimum Gasteiger partial charge on any atom is -0.372 e. The molecule has 4 aromatic rings. The first-order valence-electron chi connectivity index (χ1n) is 12.3. The zero-order valence-corrected chi connectivity index (χ0v) is 20.5. The van der Waals surface area contributed by atoms with Crippen LogP contribution in [-0.4, -0.2) is 48.6 Å². The third kappa shape index (κ3) is 5.05. The number of fused-ring (bicyclic) bond motifs is 1. The van der Waals surface area contributed by atoms with Crippen molar-refractivity contribution < 1.29 is 18.8 Å². The molecule has 0 bridgehead atoms. The van der Waals surface area contributed by atoms with Gasteiger partial charge in [0.1, 0.15) is 18.6 Å². The largest absolute Gasteiger partial charge is 0.372 e. The van der Waals surface area contributed by atoms with Gasteiger partial charge in [0, 0.05) is 25.0 Å². The van der Waals surface area contributed by atoms with Gasteiger partial charge in [0.05, 0.1) is 35.7 Å². The van der Waals surface area contributed by atoms with Gasteiger partial charge in [0.2, 0.25) is 5.82 Å². The molecule has 1 aliphatic carbocycles. The fourth-order valence-corrected chi connectivity index (χ4v) is 4.77. The third-order valence-corrected chi connectivity index (χ3v) is 6.47. The molecule has 5 rings (SSSR count). The highest BCUT2D eigenvalue weighted by Gasteiger charge is 2.29. The zero-order valence-electron chi connectivity index (χ0n) is 20.5. The van der Waals surface area contributed by atoms with Crippen molar-refractivity contribution in [3.05, 3.63) is 47.9 Å². The normalized spacial score (nSPS) is 13.9. The van der Waals surface area contributed by atoms with E-state index in [0.29, 0.717) is 48.2 Å². The molecule has 2 amide bonds. The number of aromatic nitrogens is 6. The highest BCUT2D eigenvalue weighted by molar-refractivity contribution is 5.99. The standard InChI is InChI=1S/C25H28N8O4/c1-16-12-18(13-28-22(16)24-30-21(37-31-24)15-36-11-5-4-10-34)32(25(26)35)19-14-27-20-8-9-29-33(20)23(19)17-6-2-3-7-17/h8-10,12-14,17H,2-7,11,15H2,1H3,(H2,26,35). The lowest BCUT2D eigenvalue weighted by molar-refractivity contribution is -0.108. The van der Waals surface area contributed by atoms with Crippen molar-refractivity contribution in [3.8, 4) is 11.5 Å². The van der Waals surface area contributed by atoms with Crippen LogP contribution in [0.25, 0.3) is 17.2 Å². The Bertz CT molecular complexity index is 1410. The Kier molecular flexibility index (Phi) is 7.17. The number of rotatable bonds is 10. The van der Waals surface area contributed by atoms with Crippen LogP contribution < -0.4 is 10.6 Å². The molecule has 12 heteroatoms. The van der Waals surface area contributed by atoms with Crippen molar-refractivity contribution >= 4 is 29.3 Å². The number of amides is 2. The van der Waals surface area contributed by atoms with E-state index < -0.39 is 6.03 Å². The lowest BCUT2D eigenvalue weighted by atomic mass is 10.0. The van der Waals surface area contributed by atoms with Crippen LogP contribution in [0.2, 0.25) is 0 Å². The second kappa shape index (κ2) is 10.8. The molecule has 12 nitrogen and oxygen atoms in total.